The molecule has 1 atom stereocenters. The van der Waals surface area contributed by atoms with Gasteiger partial charge in [-0.05, 0) is 37.1 Å². The Balaban J connectivity index is 1.83. The van der Waals surface area contributed by atoms with E-state index in [-0.39, 0.29) is 18.6 Å². The Labute approximate surface area is 163 Å². The van der Waals surface area contributed by atoms with Gasteiger partial charge in [0.25, 0.3) is 0 Å². The first-order chi connectivity index (χ1) is 13.2. The molecule has 1 aromatic rings. The number of nitrogens with zero attached hydrogens (tertiary/aromatic N) is 2. The van der Waals surface area contributed by atoms with Gasteiger partial charge in [0.15, 0.2) is 0 Å². The number of halogens is 3. The Bertz CT molecular complexity index is 680. The summed E-state index contributed by atoms with van der Waals surface area (Å²) >= 11 is 0. The highest BCUT2D eigenvalue weighted by molar-refractivity contribution is 5.88. The summed E-state index contributed by atoms with van der Waals surface area (Å²) in [7, 11) is 1.80. The molecule has 1 heterocycles. The number of alkyl halides is 3. The molecule has 1 aliphatic heterocycles. The number of benzene rings is 1. The molecule has 0 aromatic heterocycles. The number of hydrogen-bond donors (Lipinski definition) is 1. The number of likely N-dealkylation sites (N-methyl/N-ethyl adjacent to an activating group) is 1. The third-order valence-corrected chi connectivity index (χ3v) is 4.69. The fourth-order valence-electron chi connectivity index (χ4n) is 3.15. The van der Waals surface area contributed by atoms with Gasteiger partial charge in [0.2, 0.25) is 5.91 Å². The highest BCUT2D eigenvalue weighted by Crippen LogP contribution is 2.29. The Kier molecular flexibility index (Phi) is 7.86. The van der Waals surface area contributed by atoms with Gasteiger partial charge in [0, 0.05) is 25.9 Å². The zero-order chi connectivity index (χ0) is 20.7. The van der Waals surface area contributed by atoms with Gasteiger partial charge in [-0.25, -0.2) is 0 Å². The molecule has 0 bridgehead atoms. The number of likely N-dealkylation sites (tertiary alicyclic amines) is 1. The first-order valence-corrected chi connectivity index (χ1v) is 9.50. The molecule has 1 unspecified atom stereocenters. The number of rotatable bonds is 7. The molecular weight excluding hydrogens is 371 g/mol. The summed E-state index contributed by atoms with van der Waals surface area (Å²) in [4.78, 5) is 19.7. The van der Waals surface area contributed by atoms with Gasteiger partial charge >= 0.3 is 6.18 Å². The molecule has 0 aliphatic carbocycles. The van der Waals surface area contributed by atoms with Crippen molar-refractivity contribution in [3.8, 4) is 0 Å². The summed E-state index contributed by atoms with van der Waals surface area (Å²) in [5.74, 6) is 0.521. The molecule has 1 saturated heterocycles. The summed E-state index contributed by atoms with van der Waals surface area (Å²) < 4.78 is 38.2. The van der Waals surface area contributed by atoms with Gasteiger partial charge < -0.3 is 15.1 Å². The van der Waals surface area contributed by atoms with E-state index in [0.717, 1.165) is 24.3 Å². The van der Waals surface area contributed by atoms with E-state index in [1.54, 1.807) is 13.1 Å². The molecule has 8 heteroatoms. The zero-order valence-electron chi connectivity index (χ0n) is 16.6. The fourth-order valence-corrected chi connectivity index (χ4v) is 3.15. The second-order valence-corrected chi connectivity index (χ2v) is 7.43. The molecular formula is C20H28F3N3O2. The first kappa shape index (κ1) is 22.2. The van der Waals surface area contributed by atoms with Crippen LogP contribution >= 0.6 is 0 Å². The molecule has 1 amide bonds. The van der Waals surface area contributed by atoms with Crippen molar-refractivity contribution in [2.75, 3.05) is 20.1 Å². The van der Waals surface area contributed by atoms with E-state index in [2.05, 4.69) is 24.3 Å². The molecule has 0 radical (unpaired) electrons. The van der Waals surface area contributed by atoms with Gasteiger partial charge in [0.1, 0.15) is 6.61 Å². The van der Waals surface area contributed by atoms with E-state index in [9.17, 15) is 18.0 Å². The summed E-state index contributed by atoms with van der Waals surface area (Å²) in [6.45, 7) is 5.29. The third-order valence-electron chi connectivity index (χ3n) is 4.69. The Hall–Kier alpha value is -2.09. The van der Waals surface area contributed by atoms with Crippen LogP contribution in [0.25, 0.3) is 0 Å². The van der Waals surface area contributed by atoms with Crippen LogP contribution in [0.3, 0.4) is 0 Å². The summed E-state index contributed by atoms with van der Waals surface area (Å²) in [5, 5.41) is 7.14. The lowest BCUT2D eigenvalue weighted by Crippen LogP contribution is -2.48. The van der Waals surface area contributed by atoms with Crippen molar-refractivity contribution in [3.63, 3.8) is 0 Å². The first-order valence-electron chi connectivity index (χ1n) is 9.50. The number of amides is 1. The van der Waals surface area contributed by atoms with E-state index in [4.69, 9.17) is 4.84 Å². The topological polar surface area (TPSA) is 53.9 Å². The van der Waals surface area contributed by atoms with Crippen molar-refractivity contribution in [3.05, 3.63) is 35.4 Å². The van der Waals surface area contributed by atoms with Crippen LogP contribution in [0, 0.1) is 5.92 Å². The normalized spacial score (nSPS) is 16.2. The largest absolute Gasteiger partial charge is 0.416 e. The van der Waals surface area contributed by atoms with Crippen LogP contribution in [0.15, 0.2) is 29.4 Å². The van der Waals surface area contributed by atoms with Gasteiger partial charge in [-0.1, -0.05) is 31.1 Å². The van der Waals surface area contributed by atoms with Crippen LogP contribution in [0.5, 0.6) is 0 Å². The average Bonchev–Trinajstić information content (AvgIpc) is 2.65. The second-order valence-electron chi connectivity index (χ2n) is 7.43. The van der Waals surface area contributed by atoms with Crippen molar-refractivity contribution >= 4 is 11.6 Å². The lowest BCUT2D eigenvalue weighted by atomic mass is 10.0. The summed E-state index contributed by atoms with van der Waals surface area (Å²) in [6, 6.07) is 4.83. The maximum Gasteiger partial charge on any atom is 0.416 e. The third kappa shape index (κ3) is 6.51. The average molecular weight is 399 g/mol. The van der Waals surface area contributed by atoms with Crippen LogP contribution in [0.4, 0.5) is 13.2 Å². The van der Waals surface area contributed by atoms with E-state index in [1.807, 2.05) is 4.90 Å². The van der Waals surface area contributed by atoms with Gasteiger partial charge in [0.05, 0.1) is 17.3 Å². The minimum absolute atomic E-state index is 0.0215. The Morgan fingerprint density at radius 1 is 1.29 bits per heavy atom. The smallest absolute Gasteiger partial charge is 0.391 e. The SMILES string of the molecule is CNC(CC(C)C)C(=O)N1CCC(=NOCc2cccc(C(F)(F)F)c2)CC1. The summed E-state index contributed by atoms with van der Waals surface area (Å²) in [6.07, 6.45) is -2.38. The number of nitrogens with one attached hydrogen (secondary N) is 1. The molecule has 1 aromatic carbocycles. The highest BCUT2D eigenvalue weighted by atomic mass is 19.4. The number of piperidine rings is 1. The molecule has 1 fully saturated rings. The highest BCUT2D eigenvalue weighted by Gasteiger charge is 2.30. The van der Waals surface area contributed by atoms with E-state index >= 15 is 0 Å². The molecule has 156 valence electrons. The van der Waals surface area contributed by atoms with E-state index < -0.39 is 11.7 Å². The summed E-state index contributed by atoms with van der Waals surface area (Å²) in [5.41, 5.74) is 0.534. The Morgan fingerprint density at radius 2 is 1.96 bits per heavy atom. The van der Waals surface area contributed by atoms with Crippen LogP contribution in [-0.4, -0.2) is 42.7 Å². The van der Waals surface area contributed by atoms with Crippen LogP contribution in [-0.2, 0) is 22.4 Å². The molecule has 1 N–H and O–H groups in total. The maximum absolute atomic E-state index is 12.7. The molecule has 28 heavy (non-hydrogen) atoms. The van der Waals surface area contributed by atoms with Crippen molar-refractivity contribution in [2.45, 2.75) is 51.9 Å². The molecule has 1 aliphatic rings. The van der Waals surface area contributed by atoms with Gasteiger partial charge in [-0.3, -0.25) is 4.79 Å². The predicted octanol–water partition coefficient (Wildman–Crippen LogP) is 3.83. The van der Waals surface area contributed by atoms with E-state index in [1.165, 1.54) is 6.07 Å². The molecule has 0 saturated carbocycles. The standard InChI is InChI=1S/C20H28F3N3O2/c1-14(2)11-18(24-3)19(27)26-9-7-17(8-10-26)25-28-13-15-5-4-6-16(12-15)20(21,22)23/h4-6,12,14,18,24H,7-11,13H2,1-3H3. The van der Waals surface area contributed by atoms with Crippen LogP contribution in [0.1, 0.15) is 44.2 Å². The lowest BCUT2D eigenvalue weighted by Gasteiger charge is -2.31. The van der Waals surface area contributed by atoms with Crippen molar-refractivity contribution in [1.29, 1.82) is 0 Å². The monoisotopic (exact) mass is 399 g/mol. The predicted molar refractivity (Wildman–Crippen MR) is 102 cm³/mol. The lowest BCUT2D eigenvalue weighted by molar-refractivity contribution is -0.137. The minimum Gasteiger partial charge on any atom is -0.391 e. The van der Waals surface area contributed by atoms with Crippen molar-refractivity contribution in [1.82, 2.24) is 10.2 Å². The number of carbonyl (C=O) groups is 1. The quantitative estimate of drug-likeness (QED) is 0.709. The fraction of sp³-hybridized carbons (Fsp3) is 0.600. The number of carbonyl (C=O) groups excluding carboxylic acids is 1. The van der Waals surface area contributed by atoms with Crippen LogP contribution in [0.2, 0.25) is 0 Å². The molecule has 2 rings (SSSR count). The second kappa shape index (κ2) is 9.91. The van der Waals surface area contributed by atoms with Gasteiger partial charge in [-0.15, -0.1) is 0 Å². The Morgan fingerprint density at radius 3 is 2.54 bits per heavy atom. The van der Waals surface area contributed by atoms with Crippen molar-refractivity contribution < 1.29 is 22.8 Å². The molecule has 5 nitrogen and oxygen atoms in total. The van der Waals surface area contributed by atoms with Crippen molar-refractivity contribution in [2.24, 2.45) is 11.1 Å². The minimum atomic E-state index is -4.37. The van der Waals surface area contributed by atoms with E-state index in [0.29, 0.717) is 37.4 Å². The van der Waals surface area contributed by atoms with Crippen LogP contribution < -0.4 is 5.32 Å². The number of hydrogen-bond acceptors (Lipinski definition) is 4. The molecule has 0 spiro atoms. The zero-order valence-corrected chi connectivity index (χ0v) is 16.6. The maximum atomic E-state index is 12.7. The van der Waals surface area contributed by atoms with Gasteiger partial charge in [-0.2, -0.15) is 13.2 Å². The number of oxime groups is 1.